The number of hydrogen-bond donors (Lipinski definition) is 0. The Labute approximate surface area is 139 Å². The second-order valence-electron chi connectivity index (χ2n) is 5.44. The van der Waals surface area contributed by atoms with E-state index in [1.807, 2.05) is 13.8 Å². The Morgan fingerprint density at radius 3 is 2.18 bits per heavy atom. The van der Waals surface area contributed by atoms with E-state index in [1.165, 1.54) is 22.5 Å². The highest BCUT2D eigenvalue weighted by Crippen LogP contribution is 2.28. The first-order valence-electron chi connectivity index (χ1n) is 6.67. The van der Waals surface area contributed by atoms with E-state index in [0.29, 0.717) is 4.47 Å². The second-order valence-corrected chi connectivity index (χ2v) is 10.2. The molecule has 0 N–H and O–H groups in total. The Bertz CT molecular complexity index is 766. The van der Waals surface area contributed by atoms with E-state index in [2.05, 4.69) is 15.9 Å². The third-order valence-electron chi connectivity index (χ3n) is 3.33. The molecule has 1 aromatic carbocycles. The molecule has 0 unspecified atom stereocenters. The van der Waals surface area contributed by atoms with Gasteiger partial charge < -0.3 is 4.74 Å². The van der Waals surface area contributed by atoms with Crippen LogP contribution in [0.15, 0.2) is 32.5 Å². The summed E-state index contributed by atoms with van der Waals surface area (Å²) in [5.41, 5.74) is 0. The summed E-state index contributed by atoms with van der Waals surface area (Å²) in [6.45, 7) is 4.11. The molecule has 0 amide bonds. The molecule has 0 aromatic heterocycles. The van der Waals surface area contributed by atoms with Crippen molar-refractivity contribution in [2.75, 3.05) is 19.3 Å². The molecule has 124 valence electrons. The molecular formula is C13H18BrNO5S2. The standard InChI is InChI=1S/C13H18BrNO5S2/c1-9-7-15(8-10(2)20-9)22(18,19)11-4-5-12(14)13(6-11)21(3,16)17/h4-6,9-10H,7-8H2,1-3H3/t9-,10-/m0/s1. The summed E-state index contributed by atoms with van der Waals surface area (Å²) in [6.07, 6.45) is 0.634. The molecule has 0 radical (unpaired) electrons. The van der Waals surface area contributed by atoms with E-state index in [4.69, 9.17) is 4.74 Å². The highest BCUT2D eigenvalue weighted by molar-refractivity contribution is 9.10. The van der Waals surface area contributed by atoms with Crippen LogP contribution in [0.3, 0.4) is 0 Å². The molecule has 6 nitrogen and oxygen atoms in total. The van der Waals surface area contributed by atoms with E-state index in [1.54, 1.807) is 0 Å². The number of benzene rings is 1. The predicted octanol–water partition coefficient (Wildman–Crippen LogP) is 1.65. The van der Waals surface area contributed by atoms with Crippen LogP contribution in [0, 0.1) is 0 Å². The number of nitrogens with zero attached hydrogens (tertiary/aromatic N) is 1. The third-order valence-corrected chi connectivity index (χ3v) is 7.24. The molecule has 0 bridgehead atoms. The lowest BCUT2D eigenvalue weighted by atomic mass is 10.3. The zero-order chi connectivity index (χ0) is 16.7. The summed E-state index contributed by atoms with van der Waals surface area (Å²) < 4.78 is 56.2. The molecule has 1 aromatic rings. The van der Waals surface area contributed by atoms with E-state index in [-0.39, 0.29) is 35.1 Å². The van der Waals surface area contributed by atoms with Gasteiger partial charge in [-0.25, -0.2) is 16.8 Å². The Morgan fingerprint density at radius 1 is 1.14 bits per heavy atom. The molecule has 1 aliphatic rings. The van der Waals surface area contributed by atoms with Gasteiger partial charge in [0.05, 0.1) is 22.0 Å². The SMILES string of the molecule is C[C@H]1CN(S(=O)(=O)c2ccc(Br)c(S(C)(=O)=O)c2)C[C@H](C)O1. The topological polar surface area (TPSA) is 80.8 Å². The zero-order valence-electron chi connectivity index (χ0n) is 12.5. The van der Waals surface area contributed by atoms with Crippen LogP contribution in [0.5, 0.6) is 0 Å². The minimum Gasteiger partial charge on any atom is -0.373 e. The highest BCUT2D eigenvalue weighted by Gasteiger charge is 2.32. The van der Waals surface area contributed by atoms with Crippen LogP contribution in [-0.4, -0.2) is 52.7 Å². The molecular weight excluding hydrogens is 394 g/mol. The van der Waals surface area contributed by atoms with Crippen LogP contribution in [0.1, 0.15) is 13.8 Å². The maximum Gasteiger partial charge on any atom is 0.243 e. The third kappa shape index (κ3) is 3.70. The number of halogens is 1. The first-order valence-corrected chi connectivity index (χ1v) is 10.8. The number of ether oxygens (including phenoxy) is 1. The van der Waals surface area contributed by atoms with Gasteiger partial charge in [-0.2, -0.15) is 4.31 Å². The summed E-state index contributed by atoms with van der Waals surface area (Å²) >= 11 is 3.14. The van der Waals surface area contributed by atoms with Crippen molar-refractivity contribution in [3.05, 3.63) is 22.7 Å². The maximum absolute atomic E-state index is 12.7. The van der Waals surface area contributed by atoms with Crippen LogP contribution >= 0.6 is 15.9 Å². The van der Waals surface area contributed by atoms with Crippen molar-refractivity contribution in [1.29, 1.82) is 0 Å². The number of rotatable bonds is 3. The van der Waals surface area contributed by atoms with Crippen LogP contribution in [-0.2, 0) is 24.6 Å². The summed E-state index contributed by atoms with van der Waals surface area (Å²) in [5, 5.41) is 0. The Balaban J connectivity index is 2.46. The van der Waals surface area contributed by atoms with E-state index >= 15 is 0 Å². The molecule has 0 aliphatic carbocycles. The average molecular weight is 412 g/mol. The lowest BCUT2D eigenvalue weighted by Crippen LogP contribution is -2.48. The van der Waals surface area contributed by atoms with Gasteiger partial charge in [0.1, 0.15) is 0 Å². The molecule has 1 fully saturated rings. The first-order chi connectivity index (χ1) is 10.0. The number of morpholine rings is 1. The second kappa shape index (κ2) is 6.20. The quantitative estimate of drug-likeness (QED) is 0.754. The Kier molecular flexibility index (Phi) is 5.03. The van der Waals surface area contributed by atoms with Crippen LogP contribution in [0.2, 0.25) is 0 Å². The van der Waals surface area contributed by atoms with E-state index < -0.39 is 19.9 Å². The molecule has 0 saturated carbocycles. The highest BCUT2D eigenvalue weighted by atomic mass is 79.9. The smallest absolute Gasteiger partial charge is 0.243 e. The number of sulfone groups is 1. The van der Waals surface area contributed by atoms with Crippen LogP contribution in [0.25, 0.3) is 0 Å². The molecule has 0 spiro atoms. The average Bonchev–Trinajstić information content (AvgIpc) is 2.36. The molecule has 1 saturated heterocycles. The summed E-state index contributed by atoms with van der Waals surface area (Å²) in [5.74, 6) is 0. The van der Waals surface area contributed by atoms with Gasteiger partial charge in [-0.3, -0.25) is 0 Å². The molecule has 2 rings (SSSR count). The van der Waals surface area contributed by atoms with Crippen molar-refractivity contribution in [3.63, 3.8) is 0 Å². The van der Waals surface area contributed by atoms with Gasteiger partial charge >= 0.3 is 0 Å². The Hall–Kier alpha value is -0.480. The fourth-order valence-corrected chi connectivity index (χ4v) is 5.99. The van der Waals surface area contributed by atoms with Crippen molar-refractivity contribution >= 4 is 35.8 Å². The van der Waals surface area contributed by atoms with E-state index in [0.717, 1.165) is 6.26 Å². The number of sulfonamides is 1. The normalized spacial score (nSPS) is 24.4. The van der Waals surface area contributed by atoms with Gasteiger partial charge in [-0.05, 0) is 48.0 Å². The monoisotopic (exact) mass is 411 g/mol. The van der Waals surface area contributed by atoms with Gasteiger partial charge in [0, 0.05) is 23.8 Å². The van der Waals surface area contributed by atoms with Crippen molar-refractivity contribution in [2.24, 2.45) is 0 Å². The fourth-order valence-electron chi connectivity index (χ4n) is 2.40. The molecule has 1 aliphatic heterocycles. The van der Waals surface area contributed by atoms with Crippen molar-refractivity contribution in [3.8, 4) is 0 Å². The lowest BCUT2D eigenvalue weighted by molar-refractivity contribution is -0.0440. The predicted molar refractivity (Wildman–Crippen MR) is 86.0 cm³/mol. The molecule has 2 atom stereocenters. The van der Waals surface area contributed by atoms with Gasteiger partial charge in [-0.15, -0.1) is 0 Å². The molecule has 9 heteroatoms. The van der Waals surface area contributed by atoms with Gasteiger partial charge in [-0.1, -0.05) is 0 Å². The van der Waals surface area contributed by atoms with Crippen LogP contribution < -0.4 is 0 Å². The minimum atomic E-state index is -3.76. The first kappa shape index (κ1) is 17.9. The van der Waals surface area contributed by atoms with Crippen molar-refractivity contribution in [2.45, 2.75) is 35.8 Å². The number of hydrogen-bond acceptors (Lipinski definition) is 5. The van der Waals surface area contributed by atoms with Gasteiger partial charge in [0.25, 0.3) is 0 Å². The summed E-state index contributed by atoms with van der Waals surface area (Å²) in [4.78, 5) is -0.0691. The fraction of sp³-hybridized carbons (Fsp3) is 0.538. The molecule has 1 heterocycles. The maximum atomic E-state index is 12.7. The minimum absolute atomic E-state index is 0.0302. The van der Waals surface area contributed by atoms with E-state index in [9.17, 15) is 16.8 Å². The van der Waals surface area contributed by atoms with Gasteiger partial charge in [0.15, 0.2) is 9.84 Å². The van der Waals surface area contributed by atoms with Crippen LogP contribution in [0.4, 0.5) is 0 Å². The van der Waals surface area contributed by atoms with Crippen molar-refractivity contribution in [1.82, 2.24) is 4.31 Å². The lowest BCUT2D eigenvalue weighted by Gasteiger charge is -2.34. The summed E-state index contributed by atoms with van der Waals surface area (Å²) in [7, 11) is -7.28. The molecule has 22 heavy (non-hydrogen) atoms. The zero-order valence-corrected chi connectivity index (χ0v) is 15.7. The Morgan fingerprint density at radius 2 is 1.68 bits per heavy atom. The largest absolute Gasteiger partial charge is 0.373 e. The summed E-state index contributed by atoms with van der Waals surface area (Å²) in [6, 6.07) is 4.04. The van der Waals surface area contributed by atoms with Gasteiger partial charge in [0.2, 0.25) is 10.0 Å². The van der Waals surface area contributed by atoms with Crippen molar-refractivity contribution < 1.29 is 21.6 Å².